The highest BCUT2D eigenvalue weighted by atomic mass is 79.9. The van der Waals surface area contributed by atoms with Crippen molar-refractivity contribution in [1.82, 2.24) is 9.88 Å². The Kier molecular flexibility index (Phi) is 6.95. The lowest BCUT2D eigenvalue weighted by Gasteiger charge is -2.25. The van der Waals surface area contributed by atoms with Crippen LogP contribution in [0.3, 0.4) is 0 Å². The average molecular weight is 377 g/mol. The topological polar surface area (TPSA) is 42.2 Å². The Morgan fingerprint density at radius 2 is 1.90 bits per heavy atom. The van der Waals surface area contributed by atoms with Gasteiger partial charge in [0.2, 0.25) is 0 Å². The van der Waals surface area contributed by atoms with E-state index in [0.29, 0.717) is 11.2 Å². The van der Waals surface area contributed by atoms with Crippen molar-refractivity contribution in [1.29, 1.82) is 0 Å². The van der Waals surface area contributed by atoms with Crippen molar-refractivity contribution in [2.75, 3.05) is 5.73 Å². The molecule has 0 fully saturated rings. The molecule has 0 aliphatic carbocycles. The molecule has 0 radical (unpaired) electrons. The predicted octanol–water partition coefficient (Wildman–Crippen LogP) is 4.32. The van der Waals surface area contributed by atoms with Crippen LogP contribution in [0.2, 0.25) is 0 Å². The summed E-state index contributed by atoms with van der Waals surface area (Å²) in [5.74, 6) is 0. The quantitative estimate of drug-likeness (QED) is 0.845. The average Bonchev–Trinajstić information content (AvgIpc) is 2.76. The van der Waals surface area contributed by atoms with Crippen molar-refractivity contribution < 1.29 is 0 Å². The fraction of sp³-hybridized carbons (Fsp3) is 0.357. The van der Waals surface area contributed by atoms with Gasteiger partial charge in [0.15, 0.2) is 5.13 Å². The molecule has 3 nitrogen and oxygen atoms in total. The fourth-order valence-electron chi connectivity index (χ4n) is 1.84. The minimum Gasteiger partial charge on any atom is -0.375 e. The van der Waals surface area contributed by atoms with Gasteiger partial charge in [0.1, 0.15) is 0 Å². The number of halogens is 2. The summed E-state index contributed by atoms with van der Waals surface area (Å²) >= 11 is 5.03. The molecule has 0 bridgehead atoms. The zero-order valence-electron chi connectivity index (χ0n) is 11.5. The van der Waals surface area contributed by atoms with E-state index in [2.05, 4.69) is 63.9 Å². The van der Waals surface area contributed by atoms with E-state index in [1.807, 2.05) is 6.20 Å². The fourth-order valence-corrected chi connectivity index (χ4v) is 2.82. The molecular formula is C14H19BrClN3S. The molecule has 1 aromatic carbocycles. The molecule has 0 amide bonds. The van der Waals surface area contributed by atoms with Gasteiger partial charge in [-0.3, -0.25) is 4.90 Å². The first kappa shape index (κ1) is 17.4. The van der Waals surface area contributed by atoms with E-state index in [9.17, 15) is 0 Å². The van der Waals surface area contributed by atoms with Crippen LogP contribution in [0.15, 0.2) is 34.9 Å². The predicted molar refractivity (Wildman–Crippen MR) is 92.3 cm³/mol. The molecule has 0 aliphatic rings. The maximum atomic E-state index is 5.68. The first-order valence-corrected chi connectivity index (χ1v) is 7.84. The third-order valence-corrected chi connectivity index (χ3v) is 4.30. The summed E-state index contributed by atoms with van der Waals surface area (Å²) in [6.45, 7) is 6.25. The number of hydrogen-bond acceptors (Lipinski definition) is 4. The van der Waals surface area contributed by atoms with E-state index in [0.717, 1.165) is 17.6 Å². The Morgan fingerprint density at radius 3 is 2.40 bits per heavy atom. The van der Waals surface area contributed by atoms with E-state index in [4.69, 9.17) is 5.73 Å². The van der Waals surface area contributed by atoms with Crippen LogP contribution in [0, 0.1) is 0 Å². The van der Waals surface area contributed by atoms with Gasteiger partial charge in [-0.25, -0.2) is 4.98 Å². The van der Waals surface area contributed by atoms with E-state index in [1.54, 1.807) is 11.3 Å². The molecule has 1 aromatic heterocycles. The highest BCUT2D eigenvalue weighted by molar-refractivity contribution is 9.10. The summed E-state index contributed by atoms with van der Waals surface area (Å²) in [4.78, 5) is 7.74. The molecule has 1 heterocycles. The molecule has 0 atom stereocenters. The van der Waals surface area contributed by atoms with E-state index in [-0.39, 0.29) is 12.4 Å². The highest BCUT2D eigenvalue weighted by Gasteiger charge is 2.12. The van der Waals surface area contributed by atoms with Gasteiger partial charge in [0.25, 0.3) is 0 Å². The number of hydrogen-bond donors (Lipinski definition) is 1. The Hall–Kier alpha value is -0.620. The molecule has 110 valence electrons. The second-order valence-electron chi connectivity index (χ2n) is 4.79. The molecule has 0 spiro atoms. The summed E-state index contributed by atoms with van der Waals surface area (Å²) < 4.78 is 1.11. The summed E-state index contributed by atoms with van der Waals surface area (Å²) in [5, 5.41) is 0.641. The highest BCUT2D eigenvalue weighted by Crippen LogP contribution is 2.20. The number of nitrogens with zero attached hydrogens (tertiary/aromatic N) is 2. The smallest absolute Gasteiger partial charge is 0.180 e. The number of benzene rings is 1. The van der Waals surface area contributed by atoms with Gasteiger partial charge in [0, 0.05) is 34.7 Å². The van der Waals surface area contributed by atoms with Crippen molar-refractivity contribution in [3.63, 3.8) is 0 Å². The van der Waals surface area contributed by atoms with Crippen LogP contribution in [0.25, 0.3) is 0 Å². The molecule has 6 heteroatoms. The monoisotopic (exact) mass is 375 g/mol. The number of aromatic nitrogens is 1. The van der Waals surface area contributed by atoms with Gasteiger partial charge in [-0.1, -0.05) is 28.1 Å². The maximum absolute atomic E-state index is 5.68. The maximum Gasteiger partial charge on any atom is 0.180 e. The van der Waals surface area contributed by atoms with Crippen LogP contribution >= 0.6 is 39.7 Å². The third-order valence-electron chi connectivity index (χ3n) is 2.96. The van der Waals surface area contributed by atoms with Gasteiger partial charge in [-0.15, -0.1) is 23.7 Å². The zero-order chi connectivity index (χ0) is 13.8. The van der Waals surface area contributed by atoms with Crippen LogP contribution in [0.4, 0.5) is 5.13 Å². The number of nitrogen functional groups attached to an aromatic ring is 1. The lowest BCUT2D eigenvalue weighted by atomic mass is 10.2. The standard InChI is InChI=1S/C14H18BrN3S.ClH/c1-10(2)18(9-13-7-17-14(16)19-13)8-11-3-5-12(15)6-4-11;/h3-7,10H,8-9H2,1-2H3,(H2,16,17);1H. The number of rotatable bonds is 5. The Morgan fingerprint density at radius 1 is 1.25 bits per heavy atom. The summed E-state index contributed by atoms with van der Waals surface area (Å²) in [5.41, 5.74) is 7.00. The Balaban J connectivity index is 0.00000200. The molecular weight excluding hydrogens is 358 g/mol. The Bertz CT molecular complexity index is 527. The minimum absolute atomic E-state index is 0. The summed E-state index contributed by atoms with van der Waals surface area (Å²) in [7, 11) is 0. The van der Waals surface area contributed by atoms with Crippen molar-refractivity contribution in [2.45, 2.75) is 33.0 Å². The van der Waals surface area contributed by atoms with Crippen molar-refractivity contribution in [3.05, 3.63) is 45.4 Å². The molecule has 0 saturated carbocycles. The molecule has 2 aromatic rings. The van der Waals surface area contributed by atoms with Crippen LogP contribution in [-0.2, 0) is 13.1 Å². The first-order valence-electron chi connectivity index (χ1n) is 6.23. The normalized spacial score (nSPS) is 10.8. The van der Waals surface area contributed by atoms with Crippen LogP contribution in [-0.4, -0.2) is 15.9 Å². The number of anilines is 1. The van der Waals surface area contributed by atoms with Crippen LogP contribution in [0.1, 0.15) is 24.3 Å². The molecule has 20 heavy (non-hydrogen) atoms. The number of thiazole rings is 1. The lowest BCUT2D eigenvalue weighted by molar-refractivity contribution is 0.205. The second kappa shape index (κ2) is 7.98. The van der Waals surface area contributed by atoms with Gasteiger partial charge in [0.05, 0.1) is 0 Å². The lowest BCUT2D eigenvalue weighted by Crippen LogP contribution is -2.29. The van der Waals surface area contributed by atoms with E-state index >= 15 is 0 Å². The SMILES string of the molecule is CC(C)N(Cc1ccc(Br)cc1)Cc1cnc(N)s1.Cl. The Labute approximate surface area is 138 Å². The molecule has 0 unspecified atom stereocenters. The van der Waals surface area contributed by atoms with Crippen LogP contribution < -0.4 is 5.73 Å². The second-order valence-corrected chi connectivity index (χ2v) is 6.85. The van der Waals surface area contributed by atoms with E-state index in [1.165, 1.54) is 10.4 Å². The molecule has 2 N–H and O–H groups in total. The molecule has 0 saturated heterocycles. The van der Waals surface area contributed by atoms with Crippen molar-refractivity contribution in [2.24, 2.45) is 0 Å². The van der Waals surface area contributed by atoms with Crippen molar-refractivity contribution in [3.8, 4) is 0 Å². The number of nitrogens with two attached hydrogens (primary N) is 1. The van der Waals surface area contributed by atoms with E-state index < -0.39 is 0 Å². The van der Waals surface area contributed by atoms with Gasteiger partial charge < -0.3 is 5.73 Å². The zero-order valence-corrected chi connectivity index (χ0v) is 14.8. The largest absolute Gasteiger partial charge is 0.375 e. The minimum atomic E-state index is 0. The molecule has 2 rings (SSSR count). The van der Waals surface area contributed by atoms with Gasteiger partial charge in [-0.2, -0.15) is 0 Å². The molecule has 0 aliphatic heterocycles. The summed E-state index contributed by atoms with van der Waals surface area (Å²) in [6, 6.07) is 8.95. The third kappa shape index (κ3) is 5.05. The summed E-state index contributed by atoms with van der Waals surface area (Å²) in [6.07, 6.45) is 1.87. The van der Waals surface area contributed by atoms with Crippen LogP contribution in [0.5, 0.6) is 0 Å². The van der Waals surface area contributed by atoms with Crippen molar-refractivity contribution >= 4 is 44.8 Å². The van der Waals surface area contributed by atoms with Gasteiger partial charge in [-0.05, 0) is 31.5 Å². The van der Waals surface area contributed by atoms with Gasteiger partial charge >= 0.3 is 0 Å². The first-order chi connectivity index (χ1) is 9.04.